The second kappa shape index (κ2) is 5.99. The standard InChI is InChI=1S/C11H10Cl2FN3O2S/c12-8-2-1-3-9(11(8)13)20(18,19)16-10-4-6-17(15-10)7-5-14/h1-4,6H,5,7H2,(H,15,16). The van der Waals surface area contributed by atoms with E-state index >= 15 is 0 Å². The number of hydrogen-bond donors (Lipinski definition) is 1. The average Bonchev–Trinajstić information content (AvgIpc) is 2.79. The van der Waals surface area contributed by atoms with Gasteiger partial charge in [0, 0.05) is 12.3 Å². The molecule has 2 rings (SSSR count). The smallest absolute Gasteiger partial charge is 0.264 e. The number of benzene rings is 1. The minimum atomic E-state index is -3.90. The van der Waals surface area contributed by atoms with E-state index in [-0.39, 0.29) is 27.3 Å². The van der Waals surface area contributed by atoms with Gasteiger partial charge in [0.05, 0.1) is 16.6 Å². The summed E-state index contributed by atoms with van der Waals surface area (Å²) in [4.78, 5) is -0.147. The van der Waals surface area contributed by atoms with Gasteiger partial charge in [-0.05, 0) is 12.1 Å². The number of aryl methyl sites for hydroxylation is 1. The van der Waals surface area contributed by atoms with Gasteiger partial charge in [0.1, 0.15) is 11.6 Å². The first-order valence-corrected chi connectivity index (χ1v) is 7.74. The number of alkyl halides is 1. The number of halogens is 3. The molecule has 20 heavy (non-hydrogen) atoms. The van der Waals surface area contributed by atoms with Gasteiger partial charge in [-0.15, -0.1) is 0 Å². The Balaban J connectivity index is 2.28. The van der Waals surface area contributed by atoms with Crippen molar-refractivity contribution >= 4 is 39.0 Å². The lowest BCUT2D eigenvalue weighted by Crippen LogP contribution is -2.14. The van der Waals surface area contributed by atoms with Crippen molar-refractivity contribution in [3.8, 4) is 0 Å². The van der Waals surface area contributed by atoms with Gasteiger partial charge in [-0.25, -0.2) is 12.8 Å². The Morgan fingerprint density at radius 1 is 1.30 bits per heavy atom. The van der Waals surface area contributed by atoms with Gasteiger partial charge in [-0.3, -0.25) is 9.40 Å². The number of sulfonamides is 1. The van der Waals surface area contributed by atoms with Gasteiger partial charge in [-0.1, -0.05) is 29.3 Å². The van der Waals surface area contributed by atoms with E-state index in [0.29, 0.717) is 0 Å². The fourth-order valence-electron chi connectivity index (χ4n) is 1.51. The normalized spacial score (nSPS) is 11.6. The minimum Gasteiger partial charge on any atom is -0.268 e. The highest BCUT2D eigenvalue weighted by atomic mass is 35.5. The van der Waals surface area contributed by atoms with Crippen molar-refractivity contribution in [2.24, 2.45) is 0 Å². The molecular weight excluding hydrogens is 328 g/mol. The van der Waals surface area contributed by atoms with Crippen LogP contribution >= 0.6 is 23.2 Å². The van der Waals surface area contributed by atoms with Gasteiger partial charge >= 0.3 is 0 Å². The van der Waals surface area contributed by atoms with Crippen LogP contribution in [0.25, 0.3) is 0 Å². The maximum absolute atomic E-state index is 12.2. The summed E-state index contributed by atoms with van der Waals surface area (Å²) in [5.41, 5.74) is 0. The second-order valence-corrected chi connectivity index (χ2v) is 6.25. The molecule has 0 bridgehead atoms. The highest BCUT2D eigenvalue weighted by Gasteiger charge is 2.20. The van der Waals surface area contributed by atoms with Crippen LogP contribution in [0, 0.1) is 0 Å². The predicted molar refractivity (Wildman–Crippen MR) is 75.5 cm³/mol. The monoisotopic (exact) mass is 337 g/mol. The Hall–Kier alpha value is -1.31. The van der Waals surface area contributed by atoms with Crippen molar-refractivity contribution in [1.29, 1.82) is 0 Å². The Bertz CT molecular complexity index is 718. The quantitative estimate of drug-likeness (QED) is 0.912. The fraction of sp³-hybridized carbons (Fsp3) is 0.182. The van der Waals surface area contributed by atoms with Crippen molar-refractivity contribution in [2.75, 3.05) is 11.4 Å². The SMILES string of the molecule is O=S(=O)(Nc1ccn(CCF)n1)c1cccc(Cl)c1Cl. The van der Waals surface area contributed by atoms with E-state index in [1.807, 2.05) is 0 Å². The van der Waals surface area contributed by atoms with Crippen LogP contribution in [0.2, 0.25) is 10.0 Å². The van der Waals surface area contributed by atoms with Crippen molar-refractivity contribution in [3.05, 3.63) is 40.5 Å². The predicted octanol–water partition coefficient (Wildman–Crippen LogP) is 2.96. The van der Waals surface area contributed by atoms with Crippen LogP contribution < -0.4 is 4.72 Å². The van der Waals surface area contributed by atoms with Gasteiger partial charge in [-0.2, -0.15) is 5.10 Å². The molecule has 1 N–H and O–H groups in total. The number of nitrogens with zero attached hydrogens (tertiary/aromatic N) is 2. The fourth-order valence-corrected chi connectivity index (χ4v) is 3.27. The molecule has 1 aromatic heterocycles. The van der Waals surface area contributed by atoms with E-state index in [2.05, 4.69) is 9.82 Å². The molecule has 0 aliphatic carbocycles. The Labute approximate surface area is 125 Å². The summed E-state index contributed by atoms with van der Waals surface area (Å²) in [7, 11) is -3.90. The molecular formula is C11H10Cl2FN3O2S. The zero-order valence-electron chi connectivity index (χ0n) is 10.1. The molecule has 1 aromatic carbocycles. The first-order valence-electron chi connectivity index (χ1n) is 5.50. The first-order chi connectivity index (χ1) is 9.44. The molecule has 1 heterocycles. The molecule has 0 saturated heterocycles. The van der Waals surface area contributed by atoms with Gasteiger partial charge in [0.15, 0.2) is 5.82 Å². The summed E-state index contributed by atoms with van der Waals surface area (Å²) in [5, 5.41) is 3.94. The summed E-state index contributed by atoms with van der Waals surface area (Å²) in [5.74, 6) is 0.0782. The summed E-state index contributed by atoms with van der Waals surface area (Å²) < 4.78 is 40.0. The Morgan fingerprint density at radius 3 is 2.75 bits per heavy atom. The molecule has 0 aliphatic heterocycles. The van der Waals surface area contributed by atoms with Crippen LogP contribution in [-0.2, 0) is 16.6 Å². The lowest BCUT2D eigenvalue weighted by molar-refractivity contribution is 0.428. The van der Waals surface area contributed by atoms with E-state index in [1.165, 1.54) is 35.1 Å². The van der Waals surface area contributed by atoms with Gasteiger partial charge < -0.3 is 0 Å². The van der Waals surface area contributed by atoms with Crippen LogP contribution in [0.3, 0.4) is 0 Å². The molecule has 0 aliphatic rings. The number of anilines is 1. The summed E-state index contributed by atoms with van der Waals surface area (Å²) in [6.07, 6.45) is 1.47. The van der Waals surface area contributed by atoms with E-state index in [4.69, 9.17) is 23.2 Å². The molecule has 0 atom stereocenters. The highest BCUT2D eigenvalue weighted by molar-refractivity contribution is 7.92. The van der Waals surface area contributed by atoms with E-state index in [0.717, 1.165) is 0 Å². The molecule has 0 spiro atoms. The van der Waals surface area contributed by atoms with Crippen LogP contribution in [-0.4, -0.2) is 24.9 Å². The zero-order valence-corrected chi connectivity index (χ0v) is 12.4. The van der Waals surface area contributed by atoms with Crippen LogP contribution in [0.1, 0.15) is 0 Å². The summed E-state index contributed by atoms with van der Waals surface area (Å²) in [6.45, 7) is -0.534. The van der Waals surface area contributed by atoms with Crippen molar-refractivity contribution < 1.29 is 12.8 Å². The maximum Gasteiger partial charge on any atom is 0.264 e. The first kappa shape index (κ1) is 15.1. The largest absolute Gasteiger partial charge is 0.268 e. The number of rotatable bonds is 5. The van der Waals surface area contributed by atoms with Crippen molar-refractivity contribution in [1.82, 2.24) is 9.78 Å². The molecule has 0 unspecified atom stereocenters. The van der Waals surface area contributed by atoms with Crippen LogP contribution in [0.5, 0.6) is 0 Å². The number of hydrogen-bond acceptors (Lipinski definition) is 3. The molecule has 0 radical (unpaired) electrons. The van der Waals surface area contributed by atoms with E-state index in [1.54, 1.807) is 0 Å². The molecule has 0 fully saturated rings. The Morgan fingerprint density at radius 2 is 2.05 bits per heavy atom. The van der Waals surface area contributed by atoms with Gasteiger partial charge in [0.25, 0.3) is 10.0 Å². The summed E-state index contributed by atoms with van der Waals surface area (Å²) in [6, 6.07) is 5.71. The van der Waals surface area contributed by atoms with Crippen LogP contribution in [0.15, 0.2) is 35.4 Å². The van der Waals surface area contributed by atoms with E-state index in [9.17, 15) is 12.8 Å². The van der Waals surface area contributed by atoms with E-state index < -0.39 is 16.7 Å². The third-order valence-electron chi connectivity index (χ3n) is 2.40. The minimum absolute atomic E-state index is 0.0552. The number of nitrogens with one attached hydrogen (secondary N) is 1. The molecule has 0 saturated carbocycles. The lowest BCUT2D eigenvalue weighted by Gasteiger charge is -2.08. The average molecular weight is 338 g/mol. The zero-order chi connectivity index (χ0) is 14.8. The van der Waals surface area contributed by atoms with Gasteiger partial charge in [0.2, 0.25) is 0 Å². The third-order valence-corrected chi connectivity index (χ3v) is 4.73. The second-order valence-electron chi connectivity index (χ2n) is 3.81. The molecule has 108 valence electrons. The maximum atomic E-state index is 12.2. The third kappa shape index (κ3) is 3.23. The molecule has 0 amide bonds. The highest BCUT2D eigenvalue weighted by Crippen LogP contribution is 2.29. The van der Waals surface area contributed by atoms with Crippen molar-refractivity contribution in [3.63, 3.8) is 0 Å². The Kier molecular flexibility index (Phi) is 4.52. The summed E-state index contributed by atoms with van der Waals surface area (Å²) >= 11 is 11.7. The topological polar surface area (TPSA) is 64.0 Å². The van der Waals surface area contributed by atoms with Crippen molar-refractivity contribution in [2.45, 2.75) is 11.4 Å². The molecule has 5 nitrogen and oxygen atoms in total. The lowest BCUT2D eigenvalue weighted by atomic mass is 10.4. The van der Waals surface area contributed by atoms with Crippen LogP contribution in [0.4, 0.5) is 10.2 Å². The molecule has 2 aromatic rings. The molecule has 9 heteroatoms. The number of aromatic nitrogens is 2.